The Morgan fingerprint density at radius 2 is 1.90 bits per heavy atom. The second kappa shape index (κ2) is 7.10. The number of aromatic nitrogens is 6. The van der Waals surface area contributed by atoms with Crippen molar-refractivity contribution >= 4 is 27.6 Å². The lowest BCUT2D eigenvalue weighted by molar-refractivity contribution is 0.628. The first kappa shape index (κ1) is 17.9. The van der Waals surface area contributed by atoms with E-state index >= 15 is 0 Å². The van der Waals surface area contributed by atoms with Gasteiger partial charge in [0.1, 0.15) is 17.0 Å². The molecule has 5 heterocycles. The molecule has 7 nitrogen and oxygen atoms in total. The van der Waals surface area contributed by atoms with E-state index in [1.54, 1.807) is 18.3 Å². The van der Waals surface area contributed by atoms with Crippen molar-refractivity contribution in [2.24, 2.45) is 0 Å². The van der Waals surface area contributed by atoms with Crippen LogP contribution in [0.25, 0.3) is 50.4 Å². The van der Waals surface area contributed by atoms with Gasteiger partial charge in [0.25, 0.3) is 0 Å². The van der Waals surface area contributed by atoms with E-state index in [4.69, 9.17) is 4.98 Å². The molecule has 0 saturated carbocycles. The quantitative estimate of drug-likeness (QED) is 0.416. The molecular formula is C23H18FN7. The number of rotatable bonds is 3. The monoisotopic (exact) mass is 411 g/mol. The largest absolute Gasteiger partial charge is 0.337 e. The van der Waals surface area contributed by atoms with Gasteiger partial charge in [-0.25, -0.2) is 14.4 Å². The topological polar surface area (TPSA) is 95.2 Å². The van der Waals surface area contributed by atoms with Gasteiger partial charge in [-0.15, -0.1) is 0 Å². The molecule has 0 atom stereocenters. The first-order valence-corrected chi connectivity index (χ1v) is 10.1. The van der Waals surface area contributed by atoms with Crippen LogP contribution in [0.3, 0.4) is 0 Å². The summed E-state index contributed by atoms with van der Waals surface area (Å²) in [4.78, 5) is 17.2. The highest BCUT2D eigenvalue weighted by molar-refractivity contribution is 5.95. The molecule has 1 aliphatic rings. The average molecular weight is 411 g/mol. The lowest BCUT2D eigenvalue weighted by atomic mass is 10.0. The fraction of sp³-hybridized carbons (Fsp3) is 0.130. The Labute approximate surface area is 176 Å². The minimum absolute atomic E-state index is 0.283. The molecule has 5 aromatic rings. The first-order chi connectivity index (χ1) is 15.3. The SMILES string of the molecule is Fc1ccc(-c2nccc3[nH]c(-c4[nH]nc5ncc(C6=CCNCC6)cc45)nc23)cc1. The van der Waals surface area contributed by atoms with Crippen molar-refractivity contribution in [3.05, 3.63) is 66.2 Å². The maximum Gasteiger partial charge on any atom is 0.181 e. The van der Waals surface area contributed by atoms with Crippen molar-refractivity contribution in [1.82, 2.24) is 35.5 Å². The van der Waals surface area contributed by atoms with Crippen molar-refractivity contribution in [2.75, 3.05) is 13.1 Å². The standard InChI is InChI=1S/C23H18FN7/c24-16-3-1-14(2-4-16)19-21-18(7-10-26-19)28-23(29-21)20-17-11-15(12-27-22(17)31-30-20)13-5-8-25-9-6-13/h1-5,7,10-12,25H,6,8-9H2,(H,28,29)(H,27,30,31). The van der Waals surface area contributed by atoms with E-state index in [1.807, 2.05) is 12.3 Å². The van der Waals surface area contributed by atoms with Gasteiger partial charge in [0.15, 0.2) is 11.5 Å². The summed E-state index contributed by atoms with van der Waals surface area (Å²) in [5.74, 6) is 0.377. The lowest BCUT2D eigenvalue weighted by Crippen LogP contribution is -2.20. The van der Waals surface area contributed by atoms with Crippen LogP contribution in [0.2, 0.25) is 0 Å². The Balaban J connectivity index is 1.48. The van der Waals surface area contributed by atoms with Crippen molar-refractivity contribution in [1.29, 1.82) is 0 Å². The minimum atomic E-state index is -0.283. The van der Waals surface area contributed by atoms with Gasteiger partial charge in [-0.05, 0) is 60.5 Å². The van der Waals surface area contributed by atoms with Crippen molar-refractivity contribution in [3.8, 4) is 22.8 Å². The Morgan fingerprint density at radius 1 is 1.00 bits per heavy atom. The number of imidazole rings is 1. The van der Waals surface area contributed by atoms with Crippen LogP contribution < -0.4 is 5.32 Å². The van der Waals surface area contributed by atoms with Crippen LogP contribution in [0, 0.1) is 5.82 Å². The Hall–Kier alpha value is -3.91. The molecule has 0 saturated heterocycles. The van der Waals surface area contributed by atoms with Gasteiger partial charge in [0, 0.05) is 24.5 Å². The molecule has 0 bridgehead atoms. The molecule has 4 aromatic heterocycles. The fourth-order valence-electron chi connectivity index (χ4n) is 4.01. The second-order valence-electron chi connectivity index (χ2n) is 7.53. The van der Waals surface area contributed by atoms with E-state index in [1.165, 1.54) is 17.7 Å². The number of pyridine rings is 2. The van der Waals surface area contributed by atoms with E-state index in [2.05, 4.69) is 42.6 Å². The Bertz CT molecular complexity index is 1450. The zero-order valence-corrected chi connectivity index (χ0v) is 16.5. The van der Waals surface area contributed by atoms with Crippen molar-refractivity contribution in [3.63, 3.8) is 0 Å². The minimum Gasteiger partial charge on any atom is -0.337 e. The predicted molar refractivity (Wildman–Crippen MR) is 118 cm³/mol. The van der Waals surface area contributed by atoms with Crippen LogP contribution in [-0.4, -0.2) is 43.2 Å². The third kappa shape index (κ3) is 3.08. The third-order valence-electron chi connectivity index (χ3n) is 5.60. The number of benzene rings is 1. The molecule has 1 aliphatic heterocycles. The summed E-state index contributed by atoms with van der Waals surface area (Å²) >= 11 is 0. The van der Waals surface area contributed by atoms with Crippen LogP contribution in [0.4, 0.5) is 4.39 Å². The van der Waals surface area contributed by atoms with Crippen LogP contribution in [0.15, 0.2) is 54.9 Å². The van der Waals surface area contributed by atoms with E-state index in [0.29, 0.717) is 17.2 Å². The van der Waals surface area contributed by atoms with Gasteiger partial charge in [-0.1, -0.05) is 6.08 Å². The maximum absolute atomic E-state index is 13.4. The molecule has 0 aliphatic carbocycles. The van der Waals surface area contributed by atoms with E-state index in [-0.39, 0.29) is 5.82 Å². The fourth-order valence-corrected chi connectivity index (χ4v) is 4.01. The number of hydrogen-bond acceptors (Lipinski definition) is 5. The summed E-state index contributed by atoms with van der Waals surface area (Å²) in [5, 5.41) is 11.7. The number of aromatic amines is 2. The number of fused-ring (bicyclic) bond motifs is 2. The molecule has 0 unspecified atom stereocenters. The number of hydrogen-bond donors (Lipinski definition) is 3. The van der Waals surface area contributed by atoms with Gasteiger partial charge < -0.3 is 10.3 Å². The summed E-state index contributed by atoms with van der Waals surface area (Å²) in [6.45, 7) is 1.83. The molecule has 152 valence electrons. The highest BCUT2D eigenvalue weighted by Gasteiger charge is 2.17. The molecule has 0 amide bonds. The summed E-state index contributed by atoms with van der Waals surface area (Å²) in [5.41, 5.74) is 6.87. The predicted octanol–water partition coefficient (Wildman–Crippen LogP) is 4.08. The van der Waals surface area contributed by atoms with Crippen LogP contribution >= 0.6 is 0 Å². The number of H-pyrrole nitrogens is 2. The molecule has 0 radical (unpaired) electrons. The van der Waals surface area contributed by atoms with E-state index in [0.717, 1.165) is 52.8 Å². The highest BCUT2D eigenvalue weighted by Crippen LogP contribution is 2.31. The normalized spacial score (nSPS) is 14.3. The van der Waals surface area contributed by atoms with Crippen molar-refractivity contribution < 1.29 is 4.39 Å². The highest BCUT2D eigenvalue weighted by atomic mass is 19.1. The maximum atomic E-state index is 13.4. The summed E-state index contributed by atoms with van der Waals surface area (Å²) in [7, 11) is 0. The first-order valence-electron chi connectivity index (χ1n) is 10.1. The second-order valence-corrected chi connectivity index (χ2v) is 7.53. The third-order valence-corrected chi connectivity index (χ3v) is 5.60. The zero-order chi connectivity index (χ0) is 20.8. The summed E-state index contributed by atoms with van der Waals surface area (Å²) < 4.78 is 13.4. The number of nitrogens with one attached hydrogen (secondary N) is 3. The van der Waals surface area contributed by atoms with Crippen LogP contribution in [0.5, 0.6) is 0 Å². The molecule has 6 rings (SSSR count). The van der Waals surface area contributed by atoms with Crippen molar-refractivity contribution in [2.45, 2.75) is 6.42 Å². The molecule has 0 fully saturated rings. The molecule has 31 heavy (non-hydrogen) atoms. The summed E-state index contributed by atoms with van der Waals surface area (Å²) in [6.07, 6.45) is 6.77. The van der Waals surface area contributed by atoms with Gasteiger partial charge in [0.2, 0.25) is 0 Å². The average Bonchev–Trinajstić information content (AvgIpc) is 3.43. The van der Waals surface area contributed by atoms with Crippen LogP contribution in [-0.2, 0) is 0 Å². The Kier molecular flexibility index (Phi) is 4.10. The molecule has 1 aromatic carbocycles. The van der Waals surface area contributed by atoms with Gasteiger partial charge >= 0.3 is 0 Å². The van der Waals surface area contributed by atoms with E-state index < -0.39 is 0 Å². The van der Waals surface area contributed by atoms with Gasteiger partial charge in [-0.2, -0.15) is 5.10 Å². The van der Waals surface area contributed by atoms with E-state index in [9.17, 15) is 4.39 Å². The molecule has 8 heteroatoms. The number of nitrogens with zero attached hydrogens (tertiary/aromatic N) is 4. The lowest BCUT2D eigenvalue weighted by Gasteiger charge is -2.13. The molecular weight excluding hydrogens is 393 g/mol. The Morgan fingerprint density at radius 3 is 2.74 bits per heavy atom. The van der Waals surface area contributed by atoms with Gasteiger partial charge in [0.05, 0.1) is 16.6 Å². The number of halogens is 1. The van der Waals surface area contributed by atoms with Crippen LogP contribution in [0.1, 0.15) is 12.0 Å². The van der Waals surface area contributed by atoms with Gasteiger partial charge in [-0.3, -0.25) is 10.1 Å². The summed E-state index contributed by atoms with van der Waals surface area (Å²) in [6, 6.07) is 10.3. The molecule has 0 spiro atoms. The smallest absolute Gasteiger partial charge is 0.181 e. The molecule has 3 N–H and O–H groups in total. The zero-order valence-electron chi connectivity index (χ0n) is 16.5.